The molecule has 0 N–H and O–H groups in total. The maximum absolute atomic E-state index is 11.9. The van der Waals surface area contributed by atoms with E-state index in [9.17, 15) is 8.42 Å². The number of ether oxygens (including phenoxy) is 1. The summed E-state index contributed by atoms with van der Waals surface area (Å²) in [5.74, 6) is 0.736. The van der Waals surface area contributed by atoms with Gasteiger partial charge in [0.15, 0.2) is 0 Å². The summed E-state index contributed by atoms with van der Waals surface area (Å²) in [5, 5.41) is 0. The molecule has 94 valence electrons. The molecule has 0 saturated carbocycles. The zero-order valence-electron chi connectivity index (χ0n) is 9.96. The Bertz CT molecular complexity index is 497. The van der Waals surface area contributed by atoms with Crippen molar-refractivity contribution in [3.8, 4) is 5.75 Å². The molecule has 17 heavy (non-hydrogen) atoms. The van der Waals surface area contributed by atoms with Crippen LogP contribution in [0.4, 0.5) is 0 Å². The van der Waals surface area contributed by atoms with Crippen LogP contribution in [0, 0.1) is 0 Å². The first-order chi connectivity index (χ1) is 8.04. The van der Waals surface area contributed by atoms with Crippen molar-refractivity contribution in [2.75, 3.05) is 27.2 Å². The van der Waals surface area contributed by atoms with Crippen LogP contribution in [0.25, 0.3) is 0 Å². The van der Waals surface area contributed by atoms with Crippen molar-refractivity contribution in [3.63, 3.8) is 0 Å². The fraction of sp³-hybridized carbons (Fsp3) is 0.455. The minimum absolute atomic E-state index is 0.357. The van der Waals surface area contributed by atoms with Gasteiger partial charge in [-0.05, 0) is 17.7 Å². The van der Waals surface area contributed by atoms with Gasteiger partial charge >= 0.3 is 0 Å². The average molecular weight is 256 g/mol. The van der Waals surface area contributed by atoms with Crippen molar-refractivity contribution in [1.29, 1.82) is 0 Å². The SMILES string of the molecule is COc1cccc(CN(C)S(=O)(=O)N2CC2)c1. The third-order valence-electron chi connectivity index (χ3n) is 2.67. The molecule has 0 aromatic heterocycles. The van der Waals surface area contributed by atoms with E-state index in [-0.39, 0.29) is 0 Å². The van der Waals surface area contributed by atoms with Crippen LogP contribution >= 0.6 is 0 Å². The number of benzene rings is 1. The Labute approximate surface area is 102 Å². The van der Waals surface area contributed by atoms with Crippen LogP contribution < -0.4 is 4.74 Å². The fourth-order valence-corrected chi connectivity index (χ4v) is 2.83. The predicted octanol–water partition coefficient (Wildman–Crippen LogP) is 0.687. The summed E-state index contributed by atoms with van der Waals surface area (Å²) in [4.78, 5) is 0. The molecule has 0 bridgehead atoms. The van der Waals surface area contributed by atoms with E-state index >= 15 is 0 Å². The second kappa shape index (κ2) is 4.64. The Morgan fingerprint density at radius 2 is 2.12 bits per heavy atom. The molecule has 1 heterocycles. The lowest BCUT2D eigenvalue weighted by molar-refractivity contribution is 0.411. The standard InChI is InChI=1S/C11H16N2O3S/c1-12(17(14,15)13-6-7-13)9-10-4-3-5-11(8-10)16-2/h3-5,8H,6-7,9H2,1-2H3. The summed E-state index contributed by atoms with van der Waals surface area (Å²) in [7, 11) is -0.0746. The summed E-state index contributed by atoms with van der Waals surface area (Å²) < 4.78 is 31.6. The van der Waals surface area contributed by atoms with Gasteiger partial charge in [0.1, 0.15) is 5.75 Å². The minimum atomic E-state index is -3.26. The molecular weight excluding hydrogens is 240 g/mol. The number of hydrogen-bond acceptors (Lipinski definition) is 3. The van der Waals surface area contributed by atoms with Crippen LogP contribution in [0.1, 0.15) is 5.56 Å². The van der Waals surface area contributed by atoms with Gasteiger partial charge < -0.3 is 4.74 Å². The zero-order chi connectivity index (χ0) is 12.5. The maximum atomic E-state index is 11.9. The number of methoxy groups -OCH3 is 1. The molecule has 1 aliphatic rings. The number of rotatable bonds is 5. The van der Waals surface area contributed by atoms with Crippen molar-refractivity contribution in [3.05, 3.63) is 29.8 Å². The van der Waals surface area contributed by atoms with Crippen molar-refractivity contribution in [2.45, 2.75) is 6.54 Å². The summed E-state index contributed by atoms with van der Waals surface area (Å²) in [6.07, 6.45) is 0. The summed E-state index contributed by atoms with van der Waals surface area (Å²) in [6.45, 7) is 1.62. The molecule has 0 amide bonds. The van der Waals surface area contributed by atoms with Gasteiger partial charge in [-0.1, -0.05) is 12.1 Å². The van der Waals surface area contributed by atoms with Gasteiger partial charge in [0.2, 0.25) is 0 Å². The van der Waals surface area contributed by atoms with E-state index in [1.165, 1.54) is 8.61 Å². The third-order valence-corrected chi connectivity index (χ3v) is 4.60. The van der Waals surface area contributed by atoms with Crippen LogP contribution in [0.5, 0.6) is 5.75 Å². The van der Waals surface area contributed by atoms with Gasteiger partial charge in [-0.25, -0.2) is 0 Å². The number of hydrogen-bond donors (Lipinski definition) is 0. The van der Waals surface area contributed by atoms with Crippen molar-refractivity contribution < 1.29 is 13.2 Å². The minimum Gasteiger partial charge on any atom is -0.497 e. The topological polar surface area (TPSA) is 49.6 Å². The molecule has 0 radical (unpaired) electrons. The second-order valence-corrected chi connectivity index (χ2v) is 6.05. The van der Waals surface area contributed by atoms with E-state index in [4.69, 9.17) is 4.74 Å². The highest BCUT2D eigenvalue weighted by atomic mass is 32.2. The van der Waals surface area contributed by atoms with Gasteiger partial charge in [-0.3, -0.25) is 0 Å². The highest BCUT2D eigenvalue weighted by Crippen LogP contribution is 2.19. The van der Waals surface area contributed by atoms with Gasteiger partial charge in [0, 0.05) is 26.7 Å². The molecule has 1 aromatic rings. The Hall–Kier alpha value is -1.11. The predicted molar refractivity (Wildman–Crippen MR) is 65.0 cm³/mol. The molecular formula is C11H16N2O3S. The van der Waals surface area contributed by atoms with E-state index in [1.54, 1.807) is 14.2 Å². The maximum Gasteiger partial charge on any atom is 0.282 e. The Kier molecular flexibility index (Phi) is 3.37. The van der Waals surface area contributed by atoms with E-state index in [0.29, 0.717) is 19.6 Å². The van der Waals surface area contributed by atoms with Crippen LogP contribution in [-0.4, -0.2) is 44.3 Å². The van der Waals surface area contributed by atoms with Crippen LogP contribution in [-0.2, 0) is 16.8 Å². The van der Waals surface area contributed by atoms with E-state index < -0.39 is 10.2 Å². The van der Waals surface area contributed by atoms with Crippen LogP contribution in [0.15, 0.2) is 24.3 Å². The lowest BCUT2D eigenvalue weighted by atomic mass is 10.2. The molecule has 6 heteroatoms. The largest absolute Gasteiger partial charge is 0.497 e. The lowest BCUT2D eigenvalue weighted by Crippen LogP contribution is -2.31. The average Bonchev–Trinajstić information content (AvgIpc) is 3.13. The molecule has 1 saturated heterocycles. The molecule has 2 rings (SSSR count). The molecule has 0 atom stereocenters. The first kappa shape index (κ1) is 12.3. The molecule has 1 fully saturated rings. The molecule has 1 aromatic carbocycles. The fourth-order valence-electron chi connectivity index (χ4n) is 1.58. The molecule has 0 unspecified atom stereocenters. The first-order valence-corrected chi connectivity index (χ1v) is 6.78. The number of nitrogens with zero attached hydrogens (tertiary/aromatic N) is 2. The van der Waals surface area contributed by atoms with Crippen molar-refractivity contribution >= 4 is 10.2 Å². The van der Waals surface area contributed by atoms with Crippen molar-refractivity contribution in [2.24, 2.45) is 0 Å². The smallest absolute Gasteiger partial charge is 0.282 e. The Morgan fingerprint density at radius 3 is 2.71 bits per heavy atom. The van der Waals surface area contributed by atoms with E-state index in [2.05, 4.69) is 0 Å². The molecule has 0 aliphatic carbocycles. The van der Waals surface area contributed by atoms with Gasteiger partial charge in [-0.15, -0.1) is 0 Å². The normalized spacial score (nSPS) is 16.2. The Balaban J connectivity index is 2.09. The summed E-state index contributed by atoms with van der Waals surface area (Å²) in [5.41, 5.74) is 0.914. The van der Waals surface area contributed by atoms with E-state index in [1.807, 2.05) is 24.3 Å². The molecule has 0 spiro atoms. The second-order valence-electron chi connectivity index (χ2n) is 4.01. The van der Waals surface area contributed by atoms with Gasteiger partial charge in [0.25, 0.3) is 10.2 Å². The highest BCUT2D eigenvalue weighted by molar-refractivity contribution is 7.86. The first-order valence-electron chi connectivity index (χ1n) is 5.38. The van der Waals surface area contributed by atoms with Gasteiger partial charge in [-0.2, -0.15) is 17.0 Å². The van der Waals surface area contributed by atoms with Crippen LogP contribution in [0.3, 0.4) is 0 Å². The van der Waals surface area contributed by atoms with Crippen molar-refractivity contribution in [1.82, 2.24) is 8.61 Å². The summed E-state index contributed by atoms with van der Waals surface area (Å²) >= 11 is 0. The van der Waals surface area contributed by atoms with E-state index in [0.717, 1.165) is 11.3 Å². The Morgan fingerprint density at radius 1 is 1.41 bits per heavy atom. The highest BCUT2D eigenvalue weighted by Gasteiger charge is 2.34. The molecule has 1 aliphatic heterocycles. The molecule has 5 nitrogen and oxygen atoms in total. The van der Waals surface area contributed by atoms with Crippen LogP contribution in [0.2, 0.25) is 0 Å². The van der Waals surface area contributed by atoms with Gasteiger partial charge in [0.05, 0.1) is 7.11 Å². The monoisotopic (exact) mass is 256 g/mol. The summed E-state index contributed by atoms with van der Waals surface area (Å²) in [6, 6.07) is 7.42. The lowest BCUT2D eigenvalue weighted by Gasteiger charge is -2.17. The zero-order valence-corrected chi connectivity index (χ0v) is 10.8. The third kappa shape index (κ3) is 2.77. The quantitative estimate of drug-likeness (QED) is 0.728.